The van der Waals surface area contributed by atoms with Crippen LogP contribution in [0.4, 0.5) is 0 Å². The van der Waals surface area contributed by atoms with Crippen molar-refractivity contribution in [2.45, 2.75) is 56.1 Å². The Bertz CT molecular complexity index is 501. The third kappa shape index (κ3) is 2.99. The number of rotatable bonds is 2. The van der Waals surface area contributed by atoms with Crippen molar-refractivity contribution in [3.05, 3.63) is 35.9 Å². The highest BCUT2D eigenvalue weighted by atomic mass is 28.3. The van der Waals surface area contributed by atoms with Gasteiger partial charge >= 0.3 is 0 Å². The average molecular weight is 324 g/mol. The fourth-order valence-electron chi connectivity index (χ4n) is 3.11. The molecule has 0 unspecified atom stereocenters. The van der Waals surface area contributed by atoms with E-state index in [2.05, 4.69) is 19.6 Å². The smallest absolute Gasteiger partial charge is 0.184 e. The largest absolute Gasteiger partial charge is 0.388 e. The third-order valence-corrected chi connectivity index (χ3v) is 6.49. The van der Waals surface area contributed by atoms with Gasteiger partial charge in [-0.05, 0) is 0 Å². The number of aliphatic hydroxyl groups excluding tert-OH is 2. The van der Waals surface area contributed by atoms with E-state index in [0.29, 0.717) is 6.61 Å². The van der Waals surface area contributed by atoms with Crippen molar-refractivity contribution in [1.29, 1.82) is 0 Å². The van der Waals surface area contributed by atoms with Gasteiger partial charge in [-0.1, -0.05) is 50.0 Å². The second kappa shape index (κ2) is 6.03. The van der Waals surface area contributed by atoms with Crippen molar-refractivity contribution >= 4 is 8.07 Å². The Morgan fingerprint density at radius 1 is 1.00 bits per heavy atom. The zero-order valence-corrected chi connectivity index (χ0v) is 14.2. The van der Waals surface area contributed by atoms with Gasteiger partial charge in [-0.25, -0.2) is 0 Å². The van der Waals surface area contributed by atoms with E-state index in [1.165, 1.54) is 0 Å². The fraction of sp³-hybridized carbons (Fsp3) is 0.625. The minimum absolute atomic E-state index is 0.316. The van der Waals surface area contributed by atoms with Crippen LogP contribution in [0.2, 0.25) is 19.6 Å². The normalized spacial score (nSPS) is 39.3. The monoisotopic (exact) mass is 324 g/mol. The van der Waals surface area contributed by atoms with Crippen LogP contribution in [0.15, 0.2) is 30.3 Å². The van der Waals surface area contributed by atoms with E-state index >= 15 is 0 Å². The maximum Gasteiger partial charge on any atom is 0.184 e. The summed E-state index contributed by atoms with van der Waals surface area (Å²) in [5.41, 5.74) is 0.583. The van der Waals surface area contributed by atoms with Crippen LogP contribution in [0.5, 0.6) is 0 Å². The summed E-state index contributed by atoms with van der Waals surface area (Å²) in [5.74, 6) is 0. The van der Waals surface area contributed by atoms with Gasteiger partial charge < -0.3 is 24.4 Å². The summed E-state index contributed by atoms with van der Waals surface area (Å²) < 4.78 is 17.7. The van der Waals surface area contributed by atoms with E-state index in [0.717, 1.165) is 5.56 Å². The molecule has 2 aliphatic rings. The summed E-state index contributed by atoms with van der Waals surface area (Å²) in [7, 11) is -1.76. The molecule has 2 saturated heterocycles. The van der Waals surface area contributed by atoms with Crippen LogP contribution in [0.1, 0.15) is 11.9 Å². The highest BCUT2D eigenvalue weighted by Crippen LogP contribution is 2.36. The molecule has 2 fully saturated rings. The van der Waals surface area contributed by atoms with Gasteiger partial charge in [-0.2, -0.15) is 0 Å². The SMILES string of the molecule is C[Si](C)(C)[C@H]1O[C@@H]2CO[C@H](c3ccccc3)O[C@@H]2[C@H](O)[C@H]1O. The Morgan fingerprint density at radius 2 is 1.68 bits per heavy atom. The molecule has 0 bridgehead atoms. The van der Waals surface area contributed by atoms with Gasteiger partial charge in [0, 0.05) is 5.56 Å². The lowest BCUT2D eigenvalue weighted by Gasteiger charge is -2.49. The molecule has 6 heteroatoms. The lowest BCUT2D eigenvalue weighted by atomic mass is 9.99. The minimum Gasteiger partial charge on any atom is -0.388 e. The number of benzene rings is 1. The molecule has 0 amide bonds. The first-order valence-electron chi connectivity index (χ1n) is 7.71. The van der Waals surface area contributed by atoms with Gasteiger partial charge in [-0.3, -0.25) is 0 Å². The molecular formula is C16H24O5Si. The van der Waals surface area contributed by atoms with E-state index in [1.807, 2.05) is 30.3 Å². The van der Waals surface area contributed by atoms with Crippen molar-refractivity contribution in [1.82, 2.24) is 0 Å². The van der Waals surface area contributed by atoms with Crippen LogP contribution < -0.4 is 0 Å². The van der Waals surface area contributed by atoms with Crippen LogP contribution in [0.25, 0.3) is 0 Å². The number of fused-ring (bicyclic) bond motifs is 1. The predicted octanol–water partition coefficient (Wildman–Crippen LogP) is 1.47. The molecule has 3 rings (SSSR count). The molecule has 1 aromatic rings. The molecular weight excluding hydrogens is 300 g/mol. The zero-order chi connectivity index (χ0) is 15.9. The third-order valence-electron chi connectivity index (χ3n) is 4.30. The minimum atomic E-state index is -1.76. The molecule has 0 radical (unpaired) electrons. The molecule has 22 heavy (non-hydrogen) atoms. The van der Waals surface area contributed by atoms with Crippen molar-refractivity contribution in [3.63, 3.8) is 0 Å². The van der Waals surface area contributed by atoms with Gasteiger partial charge in [0.2, 0.25) is 0 Å². The van der Waals surface area contributed by atoms with Crippen molar-refractivity contribution in [2.24, 2.45) is 0 Å². The van der Waals surface area contributed by atoms with E-state index < -0.39 is 32.7 Å². The van der Waals surface area contributed by atoms with Crippen LogP contribution in [-0.2, 0) is 14.2 Å². The van der Waals surface area contributed by atoms with Gasteiger partial charge in [0.1, 0.15) is 24.4 Å². The summed E-state index contributed by atoms with van der Waals surface area (Å²) in [5, 5.41) is 20.9. The quantitative estimate of drug-likeness (QED) is 0.806. The van der Waals surface area contributed by atoms with Gasteiger partial charge in [0.15, 0.2) is 6.29 Å². The molecule has 2 aliphatic heterocycles. The number of aliphatic hydroxyl groups is 2. The summed E-state index contributed by atoms with van der Waals surface area (Å²) in [4.78, 5) is 0. The maximum absolute atomic E-state index is 10.5. The molecule has 1 aromatic carbocycles. The molecule has 0 aliphatic carbocycles. The Kier molecular flexibility index (Phi) is 4.42. The van der Waals surface area contributed by atoms with Crippen LogP contribution in [-0.4, -0.2) is 55.0 Å². The number of hydrogen-bond donors (Lipinski definition) is 2. The molecule has 5 nitrogen and oxygen atoms in total. The molecule has 0 saturated carbocycles. The molecule has 2 N–H and O–H groups in total. The van der Waals surface area contributed by atoms with Crippen LogP contribution in [0.3, 0.4) is 0 Å². The Labute approximate surface area is 131 Å². The summed E-state index contributed by atoms with van der Waals surface area (Å²) in [6.07, 6.45) is -3.30. The molecule has 0 aromatic heterocycles. The summed E-state index contributed by atoms with van der Waals surface area (Å²) >= 11 is 0. The van der Waals surface area contributed by atoms with Gasteiger partial charge in [0.05, 0.1) is 20.4 Å². The molecule has 0 spiro atoms. The Morgan fingerprint density at radius 3 is 2.32 bits per heavy atom. The molecule has 2 heterocycles. The fourth-order valence-corrected chi connectivity index (χ4v) is 4.91. The predicted molar refractivity (Wildman–Crippen MR) is 84.0 cm³/mol. The first-order valence-corrected chi connectivity index (χ1v) is 11.3. The first-order chi connectivity index (χ1) is 10.4. The number of ether oxygens (including phenoxy) is 3. The highest BCUT2D eigenvalue weighted by Gasteiger charge is 2.51. The molecule has 122 valence electrons. The van der Waals surface area contributed by atoms with Gasteiger partial charge in [-0.15, -0.1) is 0 Å². The second-order valence-corrected chi connectivity index (χ2v) is 12.4. The van der Waals surface area contributed by atoms with Crippen molar-refractivity contribution in [2.75, 3.05) is 6.61 Å². The van der Waals surface area contributed by atoms with Crippen molar-refractivity contribution in [3.8, 4) is 0 Å². The van der Waals surface area contributed by atoms with Gasteiger partial charge in [0.25, 0.3) is 0 Å². The zero-order valence-electron chi connectivity index (χ0n) is 13.2. The second-order valence-electron chi connectivity index (χ2n) is 7.12. The summed E-state index contributed by atoms with van der Waals surface area (Å²) in [6, 6.07) is 9.59. The standard InChI is InChI=1S/C16H24O5Si/c1-22(2,3)16-13(18)12(17)14-11(20-16)9-19-15(21-14)10-7-5-4-6-8-10/h4-8,11-18H,9H2,1-3H3/t11-,12-,13-,14+,15+,16-/m1/s1. The lowest BCUT2D eigenvalue weighted by Crippen LogP contribution is -2.66. The highest BCUT2D eigenvalue weighted by molar-refractivity contribution is 6.77. The number of hydrogen-bond acceptors (Lipinski definition) is 5. The Hall–Kier alpha value is -0.763. The van der Waals surface area contributed by atoms with E-state index in [9.17, 15) is 10.2 Å². The average Bonchev–Trinajstić information content (AvgIpc) is 2.50. The topological polar surface area (TPSA) is 68.2 Å². The Balaban J connectivity index is 1.76. The summed E-state index contributed by atoms with van der Waals surface area (Å²) in [6.45, 7) is 6.71. The van der Waals surface area contributed by atoms with Crippen molar-refractivity contribution < 1.29 is 24.4 Å². The van der Waals surface area contributed by atoms with E-state index in [4.69, 9.17) is 14.2 Å². The van der Waals surface area contributed by atoms with E-state index in [-0.39, 0.29) is 11.8 Å². The lowest BCUT2D eigenvalue weighted by molar-refractivity contribution is -0.320. The first kappa shape index (κ1) is 16.1. The maximum atomic E-state index is 10.5. The van der Waals surface area contributed by atoms with Crippen LogP contribution in [0, 0.1) is 0 Å². The molecule has 6 atom stereocenters. The van der Waals surface area contributed by atoms with Crippen LogP contribution >= 0.6 is 0 Å². The van der Waals surface area contributed by atoms with E-state index in [1.54, 1.807) is 0 Å².